The number of carboxylic acid groups (broad SMARTS) is 1. The van der Waals surface area contributed by atoms with Crippen molar-refractivity contribution in [1.29, 1.82) is 0 Å². The fourth-order valence-corrected chi connectivity index (χ4v) is 2.84. The van der Waals surface area contributed by atoms with Crippen molar-refractivity contribution in [3.8, 4) is 0 Å². The Morgan fingerprint density at radius 3 is 2.52 bits per heavy atom. The molecule has 0 saturated carbocycles. The van der Waals surface area contributed by atoms with Gasteiger partial charge < -0.3 is 31.1 Å². The summed E-state index contributed by atoms with van der Waals surface area (Å²) in [5.41, 5.74) is 6.62. The second kappa shape index (κ2) is 7.45. The number of hydrogen-bond acceptors (Lipinski definition) is 6. The number of carbonyl (C=O) groups is 2. The van der Waals surface area contributed by atoms with Crippen LogP contribution in [0.25, 0.3) is 0 Å². The van der Waals surface area contributed by atoms with Crippen LogP contribution < -0.4 is 21.3 Å². The van der Waals surface area contributed by atoms with Gasteiger partial charge in [0, 0.05) is 19.3 Å². The standard InChI is InChI=1S/C16H25N5O4/c1-16(2,3)25-15(24)20-11-6-10(19-14(22)23)8-21(9-11)13-4-5-18-7-12(13)17/h4-5,7,10-11,19H,6,8-9,17H2,1-3H3,(H,20,24)(H,22,23)/t10-,11+/m1/s1. The lowest BCUT2D eigenvalue weighted by molar-refractivity contribution is 0.0497. The molecule has 5 N–H and O–H groups in total. The van der Waals surface area contributed by atoms with Gasteiger partial charge in [0.25, 0.3) is 0 Å². The van der Waals surface area contributed by atoms with E-state index in [9.17, 15) is 9.59 Å². The minimum absolute atomic E-state index is 0.284. The number of ether oxygens (including phenoxy) is 1. The Balaban J connectivity index is 2.12. The van der Waals surface area contributed by atoms with Crippen LogP contribution in [0.15, 0.2) is 18.5 Å². The van der Waals surface area contributed by atoms with Gasteiger partial charge in [-0.25, -0.2) is 9.59 Å². The summed E-state index contributed by atoms with van der Waals surface area (Å²) >= 11 is 0. The second-order valence-corrected chi connectivity index (χ2v) is 7.06. The number of pyridine rings is 1. The molecule has 2 heterocycles. The van der Waals surface area contributed by atoms with Crippen LogP contribution in [0.5, 0.6) is 0 Å². The zero-order chi connectivity index (χ0) is 18.6. The molecule has 9 nitrogen and oxygen atoms in total. The summed E-state index contributed by atoms with van der Waals surface area (Å²) in [7, 11) is 0. The fraction of sp³-hybridized carbons (Fsp3) is 0.562. The molecule has 9 heteroatoms. The molecule has 1 aliphatic rings. The monoisotopic (exact) mass is 351 g/mol. The molecule has 1 fully saturated rings. The molecule has 138 valence electrons. The van der Waals surface area contributed by atoms with E-state index in [0.717, 1.165) is 5.69 Å². The first kappa shape index (κ1) is 18.6. The molecular weight excluding hydrogens is 326 g/mol. The average molecular weight is 351 g/mol. The lowest BCUT2D eigenvalue weighted by Gasteiger charge is -2.39. The van der Waals surface area contributed by atoms with Gasteiger partial charge >= 0.3 is 12.2 Å². The quantitative estimate of drug-likeness (QED) is 0.647. The zero-order valence-corrected chi connectivity index (χ0v) is 14.7. The van der Waals surface area contributed by atoms with E-state index in [0.29, 0.717) is 25.2 Å². The summed E-state index contributed by atoms with van der Waals surface area (Å²) in [6, 6.07) is 1.13. The van der Waals surface area contributed by atoms with E-state index in [2.05, 4.69) is 15.6 Å². The molecular formula is C16H25N5O4. The fourth-order valence-electron chi connectivity index (χ4n) is 2.84. The number of nitrogens with one attached hydrogen (secondary N) is 2. The molecule has 2 atom stereocenters. The lowest BCUT2D eigenvalue weighted by atomic mass is 10.00. The van der Waals surface area contributed by atoms with Crippen molar-refractivity contribution < 1.29 is 19.4 Å². The number of carbonyl (C=O) groups excluding carboxylic acids is 1. The highest BCUT2D eigenvalue weighted by molar-refractivity contribution is 5.70. The van der Waals surface area contributed by atoms with Gasteiger partial charge in [0.05, 0.1) is 29.7 Å². The van der Waals surface area contributed by atoms with E-state index in [1.807, 2.05) is 4.90 Å². The van der Waals surface area contributed by atoms with Gasteiger partial charge in [-0.2, -0.15) is 0 Å². The normalized spacial score (nSPS) is 20.7. The Kier molecular flexibility index (Phi) is 5.55. The van der Waals surface area contributed by atoms with Crippen LogP contribution in [0.3, 0.4) is 0 Å². The van der Waals surface area contributed by atoms with Crippen molar-refractivity contribution in [2.45, 2.75) is 44.9 Å². The van der Waals surface area contributed by atoms with E-state index < -0.39 is 17.8 Å². The molecule has 2 rings (SSSR count). The summed E-state index contributed by atoms with van der Waals surface area (Å²) in [6.45, 7) is 6.29. The zero-order valence-electron chi connectivity index (χ0n) is 14.7. The van der Waals surface area contributed by atoms with Crippen LogP contribution in [0.1, 0.15) is 27.2 Å². The van der Waals surface area contributed by atoms with E-state index in [4.69, 9.17) is 15.6 Å². The highest BCUT2D eigenvalue weighted by atomic mass is 16.6. The number of anilines is 2. The molecule has 0 radical (unpaired) electrons. The molecule has 1 saturated heterocycles. The van der Waals surface area contributed by atoms with Gasteiger partial charge in [-0.3, -0.25) is 4.98 Å². The molecule has 0 spiro atoms. The average Bonchev–Trinajstić information content (AvgIpc) is 2.44. The van der Waals surface area contributed by atoms with Crippen LogP contribution in [0, 0.1) is 0 Å². The largest absolute Gasteiger partial charge is 0.465 e. The molecule has 0 bridgehead atoms. The maximum Gasteiger partial charge on any atom is 0.407 e. The van der Waals surface area contributed by atoms with Crippen molar-refractivity contribution in [1.82, 2.24) is 15.6 Å². The van der Waals surface area contributed by atoms with Crippen LogP contribution in [-0.2, 0) is 4.74 Å². The van der Waals surface area contributed by atoms with E-state index in [1.165, 1.54) is 0 Å². The third-order valence-electron chi connectivity index (χ3n) is 3.67. The third-order valence-corrected chi connectivity index (χ3v) is 3.67. The Morgan fingerprint density at radius 2 is 1.96 bits per heavy atom. The number of hydrogen-bond donors (Lipinski definition) is 4. The summed E-state index contributed by atoms with van der Waals surface area (Å²) in [4.78, 5) is 29.0. The maximum atomic E-state index is 12.0. The molecule has 25 heavy (non-hydrogen) atoms. The molecule has 0 unspecified atom stereocenters. The van der Waals surface area contributed by atoms with Crippen LogP contribution in [0.2, 0.25) is 0 Å². The third kappa shape index (κ3) is 5.70. The first-order valence-corrected chi connectivity index (χ1v) is 8.07. The molecule has 1 aliphatic heterocycles. The number of nitrogens with two attached hydrogens (primary N) is 1. The van der Waals surface area contributed by atoms with Gasteiger partial charge in [-0.05, 0) is 33.3 Å². The van der Waals surface area contributed by atoms with Crippen molar-refractivity contribution >= 4 is 23.6 Å². The van der Waals surface area contributed by atoms with Crippen molar-refractivity contribution in [2.24, 2.45) is 0 Å². The number of alkyl carbamates (subject to hydrolysis) is 1. The number of nitrogens with zero attached hydrogens (tertiary/aromatic N) is 2. The van der Waals surface area contributed by atoms with Gasteiger partial charge in [-0.15, -0.1) is 0 Å². The summed E-state index contributed by atoms with van der Waals surface area (Å²) in [6.07, 6.45) is 1.99. The smallest absolute Gasteiger partial charge is 0.407 e. The topological polar surface area (TPSA) is 130 Å². The van der Waals surface area contributed by atoms with Crippen molar-refractivity contribution in [2.75, 3.05) is 23.7 Å². The molecule has 2 amide bonds. The second-order valence-electron chi connectivity index (χ2n) is 7.06. The first-order chi connectivity index (χ1) is 11.6. The molecule has 0 aliphatic carbocycles. The highest BCUT2D eigenvalue weighted by Crippen LogP contribution is 2.25. The number of aromatic nitrogens is 1. The van der Waals surface area contributed by atoms with E-state index in [-0.39, 0.29) is 12.1 Å². The van der Waals surface area contributed by atoms with Gasteiger partial charge in [0.2, 0.25) is 0 Å². The highest BCUT2D eigenvalue weighted by Gasteiger charge is 2.31. The van der Waals surface area contributed by atoms with Gasteiger partial charge in [-0.1, -0.05) is 0 Å². The lowest BCUT2D eigenvalue weighted by Crippen LogP contribution is -2.57. The van der Waals surface area contributed by atoms with E-state index >= 15 is 0 Å². The first-order valence-electron chi connectivity index (χ1n) is 8.07. The molecule has 1 aromatic heterocycles. The van der Waals surface area contributed by atoms with Crippen molar-refractivity contribution in [3.05, 3.63) is 18.5 Å². The van der Waals surface area contributed by atoms with Crippen molar-refractivity contribution in [3.63, 3.8) is 0 Å². The number of piperidine rings is 1. The summed E-state index contributed by atoms with van der Waals surface area (Å²) in [5.74, 6) is 0. The Bertz CT molecular complexity index is 631. The van der Waals surface area contributed by atoms with Gasteiger partial charge in [0.1, 0.15) is 5.60 Å². The Hall–Kier alpha value is -2.71. The van der Waals surface area contributed by atoms with E-state index in [1.54, 1.807) is 39.2 Å². The number of rotatable bonds is 3. The summed E-state index contributed by atoms with van der Waals surface area (Å²) in [5, 5.41) is 14.3. The SMILES string of the molecule is CC(C)(C)OC(=O)N[C@H]1C[C@@H](NC(=O)O)CN(c2ccncc2N)C1. The maximum absolute atomic E-state index is 12.0. The molecule has 0 aromatic carbocycles. The number of amides is 2. The summed E-state index contributed by atoms with van der Waals surface area (Å²) < 4.78 is 5.28. The van der Waals surface area contributed by atoms with Crippen LogP contribution in [0.4, 0.5) is 21.0 Å². The predicted octanol–water partition coefficient (Wildman–Crippen LogP) is 1.40. The minimum atomic E-state index is -1.11. The van der Waals surface area contributed by atoms with Gasteiger partial charge in [0.15, 0.2) is 0 Å². The molecule has 1 aromatic rings. The minimum Gasteiger partial charge on any atom is -0.465 e. The Morgan fingerprint density at radius 1 is 1.32 bits per heavy atom. The number of nitrogen functional groups attached to an aromatic ring is 1. The Labute approximate surface area is 146 Å². The predicted molar refractivity (Wildman–Crippen MR) is 93.6 cm³/mol. The van der Waals surface area contributed by atoms with Crippen LogP contribution >= 0.6 is 0 Å². The van der Waals surface area contributed by atoms with Crippen LogP contribution in [-0.4, -0.2) is 53.1 Å².